The Bertz CT molecular complexity index is 808. The van der Waals surface area contributed by atoms with Gasteiger partial charge in [0.05, 0.1) is 5.52 Å². The van der Waals surface area contributed by atoms with Crippen LogP contribution in [0.2, 0.25) is 0 Å². The molecule has 2 aromatic carbocycles. The average Bonchev–Trinajstić information content (AvgIpc) is 2.48. The van der Waals surface area contributed by atoms with Crippen molar-refractivity contribution in [3.63, 3.8) is 0 Å². The molecule has 2 nitrogen and oxygen atoms in total. The molecule has 1 heterocycles. The summed E-state index contributed by atoms with van der Waals surface area (Å²) in [6.07, 6.45) is -0.628. The first-order valence-electron chi connectivity index (χ1n) is 7.18. The van der Waals surface area contributed by atoms with E-state index in [2.05, 4.69) is 24.9 Å². The molecule has 21 heavy (non-hydrogen) atoms. The van der Waals surface area contributed by atoms with Crippen LogP contribution in [-0.2, 0) is 0 Å². The highest BCUT2D eigenvalue weighted by Crippen LogP contribution is 2.31. The van der Waals surface area contributed by atoms with Crippen LogP contribution < -0.4 is 0 Å². The minimum Gasteiger partial charge on any atom is -0.384 e. The van der Waals surface area contributed by atoms with Gasteiger partial charge in [-0.25, -0.2) is 0 Å². The van der Waals surface area contributed by atoms with Gasteiger partial charge >= 0.3 is 0 Å². The van der Waals surface area contributed by atoms with E-state index < -0.39 is 6.10 Å². The standard InChI is InChI=1S/C19H19NO/c1-12-7-6-9-15(14(12)3)19(21)17-11-13(2)20-18-10-5-4-8-16(17)18/h4-11,19,21H,1-3H3. The molecule has 106 valence electrons. The number of hydrogen-bond acceptors (Lipinski definition) is 2. The Morgan fingerprint density at radius 1 is 0.905 bits per heavy atom. The van der Waals surface area contributed by atoms with Gasteiger partial charge in [0.15, 0.2) is 0 Å². The molecule has 0 aliphatic heterocycles. The Labute approximate surface area is 125 Å². The Balaban J connectivity index is 2.22. The number of hydrogen-bond donors (Lipinski definition) is 1. The molecule has 3 rings (SSSR count). The molecule has 0 spiro atoms. The summed E-state index contributed by atoms with van der Waals surface area (Å²) in [6.45, 7) is 6.09. The molecule has 1 atom stereocenters. The van der Waals surface area contributed by atoms with Crippen LogP contribution >= 0.6 is 0 Å². The number of aryl methyl sites for hydroxylation is 2. The van der Waals surface area contributed by atoms with Gasteiger partial charge in [0.25, 0.3) is 0 Å². The van der Waals surface area contributed by atoms with Gasteiger partial charge in [0.1, 0.15) is 6.10 Å². The van der Waals surface area contributed by atoms with Crippen LogP contribution in [0, 0.1) is 20.8 Å². The first-order valence-corrected chi connectivity index (χ1v) is 7.18. The third kappa shape index (κ3) is 2.43. The van der Waals surface area contributed by atoms with Crippen LogP contribution in [-0.4, -0.2) is 10.1 Å². The van der Waals surface area contributed by atoms with Crippen LogP contribution in [0.1, 0.15) is 34.1 Å². The van der Waals surface area contributed by atoms with Gasteiger partial charge in [-0.1, -0.05) is 36.4 Å². The van der Waals surface area contributed by atoms with Crippen LogP contribution in [0.4, 0.5) is 0 Å². The molecule has 0 aliphatic rings. The summed E-state index contributed by atoms with van der Waals surface area (Å²) in [7, 11) is 0. The van der Waals surface area contributed by atoms with E-state index in [-0.39, 0.29) is 0 Å². The normalized spacial score (nSPS) is 12.6. The minimum absolute atomic E-state index is 0.628. The van der Waals surface area contributed by atoms with Crippen molar-refractivity contribution in [1.29, 1.82) is 0 Å². The fraction of sp³-hybridized carbons (Fsp3) is 0.211. The van der Waals surface area contributed by atoms with Gasteiger partial charge in [-0.3, -0.25) is 4.98 Å². The monoisotopic (exact) mass is 277 g/mol. The highest BCUT2D eigenvalue weighted by Gasteiger charge is 2.17. The molecule has 2 heteroatoms. The molecule has 0 saturated heterocycles. The van der Waals surface area contributed by atoms with Gasteiger partial charge in [0.2, 0.25) is 0 Å². The van der Waals surface area contributed by atoms with E-state index in [0.717, 1.165) is 33.3 Å². The Morgan fingerprint density at radius 3 is 2.48 bits per heavy atom. The number of pyridine rings is 1. The summed E-state index contributed by atoms with van der Waals surface area (Å²) in [4.78, 5) is 4.54. The van der Waals surface area contributed by atoms with E-state index in [1.807, 2.05) is 49.4 Å². The lowest BCUT2D eigenvalue weighted by molar-refractivity contribution is 0.221. The Morgan fingerprint density at radius 2 is 1.67 bits per heavy atom. The predicted octanol–water partition coefficient (Wildman–Crippen LogP) is 4.24. The van der Waals surface area contributed by atoms with Gasteiger partial charge < -0.3 is 5.11 Å². The summed E-state index contributed by atoms with van der Waals surface area (Å²) < 4.78 is 0. The minimum atomic E-state index is -0.628. The third-order valence-electron chi connectivity index (χ3n) is 4.11. The van der Waals surface area contributed by atoms with Gasteiger partial charge in [-0.05, 0) is 55.2 Å². The van der Waals surface area contributed by atoms with Crippen molar-refractivity contribution in [2.24, 2.45) is 0 Å². The topological polar surface area (TPSA) is 33.1 Å². The number of rotatable bonds is 2. The number of nitrogens with zero attached hydrogens (tertiary/aromatic N) is 1. The Hall–Kier alpha value is -2.19. The molecule has 0 saturated carbocycles. The average molecular weight is 277 g/mol. The second kappa shape index (κ2) is 5.30. The molecule has 0 fully saturated rings. The SMILES string of the molecule is Cc1cc(C(O)c2cccc(C)c2C)c2ccccc2n1. The van der Waals surface area contributed by atoms with Crippen molar-refractivity contribution in [3.8, 4) is 0 Å². The zero-order valence-corrected chi connectivity index (χ0v) is 12.6. The molecule has 0 bridgehead atoms. The lowest BCUT2D eigenvalue weighted by Gasteiger charge is -2.18. The van der Waals surface area contributed by atoms with Crippen molar-refractivity contribution in [1.82, 2.24) is 4.98 Å². The molecule has 0 aliphatic carbocycles. The maximum absolute atomic E-state index is 10.9. The first-order chi connectivity index (χ1) is 10.1. The van der Waals surface area contributed by atoms with Gasteiger partial charge in [-0.15, -0.1) is 0 Å². The number of aliphatic hydroxyl groups is 1. The molecular weight excluding hydrogens is 258 g/mol. The highest BCUT2D eigenvalue weighted by atomic mass is 16.3. The molecule has 3 aromatic rings. The number of para-hydroxylation sites is 1. The number of aromatic nitrogens is 1. The van der Waals surface area contributed by atoms with Crippen molar-refractivity contribution >= 4 is 10.9 Å². The zero-order valence-electron chi connectivity index (χ0n) is 12.6. The fourth-order valence-electron chi connectivity index (χ4n) is 2.80. The molecule has 1 unspecified atom stereocenters. The summed E-state index contributed by atoms with van der Waals surface area (Å²) in [5, 5.41) is 11.9. The lowest BCUT2D eigenvalue weighted by atomic mass is 9.92. The molecule has 1 aromatic heterocycles. The molecule has 0 radical (unpaired) electrons. The summed E-state index contributed by atoms with van der Waals surface area (Å²) >= 11 is 0. The number of aliphatic hydroxyl groups excluding tert-OH is 1. The van der Waals surface area contributed by atoms with Crippen LogP contribution in [0.3, 0.4) is 0 Å². The smallest absolute Gasteiger partial charge is 0.105 e. The van der Waals surface area contributed by atoms with E-state index in [1.54, 1.807) is 0 Å². The van der Waals surface area contributed by atoms with Crippen LogP contribution in [0.25, 0.3) is 10.9 Å². The molecule has 1 N–H and O–H groups in total. The van der Waals surface area contributed by atoms with Gasteiger partial charge in [0, 0.05) is 11.1 Å². The van der Waals surface area contributed by atoms with Crippen molar-refractivity contribution < 1.29 is 5.11 Å². The van der Waals surface area contributed by atoms with E-state index in [9.17, 15) is 5.11 Å². The summed E-state index contributed by atoms with van der Waals surface area (Å²) in [5.74, 6) is 0. The van der Waals surface area contributed by atoms with Crippen LogP contribution in [0.15, 0.2) is 48.5 Å². The molecule has 0 amide bonds. The second-order valence-electron chi connectivity index (χ2n) is 5.56. The highest BCUT2D eigenvalue weighted by molar-refractivity contribution is 5.83. The van der Waals surface area contributed by atoms with E-state index in [0.29, 0.717) is 0 Å². The summed E-state index contributed by atoms with van der Waals surface area (Å²) in [5.41, 5.74) is 6.08. The fourth-order valence-corrected chi connectivity index (χ4v) is 2.80. The van der Waals surface area contributed by atoms with Crippen molar-refractivity contribution in [2.75, 3.05) is 0 Å². The largest absolute Gasteiger partial charge is 0.384 e. The van der Waals surface area contributed by atoms with E-state index >= 15 is 0 Å². The lowest BCUT2D eigenvalue weighted by Crippen LogP contribution is -2.05. The molecular formula is C19H19NO. The quantitative estimate of drug-likeness (QED) is 0.760. The zero-order chi connectivity index (χ0) is 15.0. The Kier molecular flexibility index (Phi) is 3.48. The number of fused-ring (bicyclic) bond motifs is 1. The third-order valence-corrected chi connectivity index (χ3v) is 4.11. The first kappa shape index (κ1) is 13.8. The predicted molar refractivity (Wildman–Crippen MR) is 86.5 cm³/mol. The maximum atomic E-state index is 10.9. The van der Waals surface area contributed by atoms with E-state index in [4.69, 9.17) is 0 Å². The summed E-state index contributed by atoms with van der Waals surface area (Å²) in [6, 6.07) is 16.0. The van der Waals surface area contributed by atoms with E-state index in [1.165, 1.54) is 5.56 Å². The number of benzene rings is 2. The maximum Gasteiger partial charge on any atom is 0.105 e. The van der Waals surface area contributed by atoms with Crippen molar-refractivity contribution in [2.45, 2.75) is 26.9 Å². The second-order valence-corrected chi connectivity index (χ2v) is 5.56. The van der Waals surface area contributed by atoms with Crippen molar-refractivity contribution in [3.05, 3.63) is 76.5 Å². The van der Waals surface area contributed by atoms with Crippen LogP contribution in [0.5, 0.6) is 0 Å². The van der Waals surface area contributed by atoms with Gasteiger partial charge in [-0.2, -0.15) is 0 Å².